The van der Waals surface area contributed by atoms with Crippen LogP contribution in [0.25, 0.3) is 0 Å². The molecular weight excluding hydrogens is 582 g/mol. The Kier molecular flexibility index (Phi) is 9.58. The lowest BCUT2D eigenvalue weighted by molar-refractivity contribution is -0.119. The van der Waals surface area contributed by atoms with E-state index in [9.17, 15) is 13.2 Å². The molecule has 0 spiro atoms. The first-order valence-electron chi connectivity index (χ1n) is 11.1. The number of methoxy groups -OCH3 is 1. The smallest absolute Gasteiger partial charge is 0.260 e. The van der Waals surface area contributed by atoms with Crippen LogP contribution in [0.1, 0.15) is 22.3 Å². The number of nitrogens with one attached hydrogen (secondary N) is 1. The summed E-state index contributed by atoms with van der Waals surface area (Å²) in [6.07, 6.45) is 2.48. The molecule has 0 radical (unpaired) electrons. The molecule has 37 heavy (non-hydrogen) atoms. The Balaban J connectivity index is 1.70. The number of anilines is 1. The quantitative estimate of drug-likeness (QED) is 0.251. The molecule has 0 fully saturated rings. The summed E-state index contributed by atoms with van der Waals surface area (Å²) in [5.74, 6) is 0.348. The summed E-state index contributed by atoms with van der Waals surface area (Å²) in [6, 6.07) is 16.2. The molecule has 3 rings (SSSR count). The molecule has 1 N–H and O–H groups in total. The molecule has 3 aromatic rings. The van der Waals surface area contributed by atoms with Crippen LogP contribution in [-0.2, 0) is 21.4 Å². The van der Waals surface area contributed by atoms with Crippen molar-refractivity contribution in [3.05, 3.63) is 86.3 Å². The van der Waals surface area contributed by atoms with Crippen molar-refractivity contribution in [1.82, 2.24) is 5.43 Å². The van der Waals surface area contributed by atoms with Crippen molar-refractivity contribution in [3.8, 4) is 11.5 Å². The topological polar surface area (TPSA) is 97.3 Å². The summed E-state index contributed by atoms with van der Waals surface area (Å²) in [7, 11) is -2.18. The molecule has 0 saturated carbocycles. The lowest BCUT2D eigenvalue weighted by Gasteiger charge is -2.23. The molecule has 0 aromatic heterocycles. The zero-order valence-corrected chi connectivity index (χ0v) is 23.9. The van der Waals surface area contributed by atoms with Gasteiger partial charge in [0.05, 0.1) is 29.7 Å². The van der Waals surface area contributed by atoms with Crippen molar-refractivity contribution >= 4 is 55.4 Å². The van der Waals surface area contributed by atoms with Gasteiger partial charge in [-0.25, -0.2) is 13.8 Å². The van der Waals surface area contributed by atoms with Crippen molar-refractivity contribution in [1.29, 1.82) is 0 Å². The maximum atomic E-state index is 12.5. The molecule has 196 valence electrons. The Morgan fingerprint density at radius 1 is 1.16 bits per heavy atom. The number of hydrogen-bond acceptors (Lipinski definition) is 6. The van der Waals surface area contributed by atoms with Crippen LogP contribution in [0, 0.1) is 13.8 Å². The summed E-state index contributed by atoms with van der Waals surface area (Å²) >= 11 is 9.69. The third-order valence-corrected chi connectivity index (χ3v) is 7.38. The van der Waals surface area contributed by atoms with Gasteiger partial charge in [-0.3, -0.25) is 9.10 Å². The number of rotatable bonds is 10. The molecule has 3 aromatic carbocycles. The van der Waals surface area contributed by atoms with Gasteiger partial charge in [0.25, 0.3) is 5.91 Å². The minimum Gasteiger partial charge on any atom is -0.493 e. The number of benzene rings is 3. The van der Waals surface area contributed by atoms with Crippen LogP contribution >= 0.6 is 27.5 Å². The molecule has 0 aliphatic carbocycles. The Morgan fingerprint density at radius 3 is 2.54 bits per heavy atom. The number of halogens is 2. The maximum absolute atomic E-state index is 12.5. The second-order valence-electron chi connectivity index (χ2n) is 8.27. The molecule has 0 atom stereocenters. The highest BCUT2D eigenvalue weighted by molar-refractivity contribution is 9.10. The fourth-order valence-corrected chi connectivity index (χ4v) is 5.21. The van der Waals surface area contributed by atoms with E-state index in [0.717, 1.165) is 27.3 Å². The summed E-state index contributed by atoms with van der Waals surface area (Å²) in [5, 5.41) is 4.58. The van der Waals surface area contributed by atoms with Crippen LogP contribution in [0.3, 0.4) is 0 Å². The minimum atomic E-state index is -3.70. The van der Waals surface area contributed by atoms with Crippen LogP contribution in [-0.4, -0.2) is 40.4 Å². The van der Waals surface area contributed by atoms with Gasteiger partial charge >= 0.3 is 0 Å². The molecule has 8 nitrogen and oxygen atoms in total. The maximum Gasteiger partial charge on any atom is 0.260 e. The first-order chi connectivity index (χ1) is 17.5. The molecule has 11 heteroatoms. The number of amides is 1. The molecule has 0 unspecified atom stereocenters. The van der Waals surface area contributed by atoms with Crippen LogP contribution < -0.4 is 19.2 Å². The number of sulfonamides is 1. The van der Waals surface area contributed by atoms with E-state index >= 15 is 0 Å². The monoisotopic (exact) mass is 607 g/mol. The van der Waals surface area contributed by atoms with E-state index in [0.29, 0.717) is 32.2 Å². The average Bonchev–Trinajstić information content (AvgIpc) is 2.82. The second kappa shape index (κ2) is 12.4. The number of aryl methyl sites for hydroxylation is 2. The number of hydrogen-bond donors (Lipinski definition) is 1. The molecule has 0 aliphatic rings. The summed E-state index contributed by atoms with van der Waals surface area (Å²) in [6.45, 7) is 3.54. The molecule has 0 heterocycles. The lowest BCUT2D eigenvalue weighted by Crippen LogP contribution is -2.39. The Hall–Kier alpha value is -3.08. The molecule has 0 bridgehead atoms. The van der Waals surface area contributed by atoms with Gasteiger partial charge in [0.15, 0.2) is 11.5 Å². The van der Waals surface area contributed by atoms with Crippen molar-refractivity contribution in [2.24, 2.45) is 5.10 Å². The lowest BCUT2D eigenvalue weighted by atomic mass is 10.1. The predicted molar refractivity (Wildman–Crippen MR) is 150 cm³/mol. The van der Waals surface area contributed by atoms with E-state index in [-0.39, 0.29) is 6.61 Å². The van der Waals surface area contributed by atoms with E-state index in [2.05, 4.69) is 26.5 Å². The van der Waals surface area contributed by atoms with E-state index < -0.39 is 22.5 Å². The van der Waals surface area contributed by atoms with Crippen molar-refractivity contribution < 1.29 is 22.7 Å². The molecule has 0 saturated heterocycles. The zero-order valence-electron chi connectivity index (χ0n) is 20.8. The Bertz CT molecular complexity index is 1430. The number of carbonyl (C=O) groups is 1. The van der Waals surface area contributed by atoms with E-state index in [4.69, 9.17) is 21.1 Å². The number of carbonyl (C=O) groups excluding carboxylic acids is 1. The number of nitrogens with zero attached hydrogens (tertiary/aromatic N) is 2. The Labute approximate surface area is 230 Å². The predicted octanol–water partition coefficient (Wildman–Crippen LogP) is 5.22. The second-order valence-corrected chi connectivity index (χ2v) is 11.4. The highest BCUT2D eigenvalue weighted by atomic mass is 79.9. The number of hydrazone groups is 1. The van der Waals surface area contributed by atoms with E-state index in [1.165, 1.54) is 13.3 Å². The molecular formula is C26H27BrClN3O5S. The third kappa shape index (κ3) is 7.70. The van der Waals surface area contributed by atoms with E-state index in [1.54, 1.807) is 37.3 Å². The van der Waals surface area contributed by atoms with Crippen LogP contribution in [0.5, 0.6) is 11.5 Å². The van der Waals surface area contributed by atoms with Crippen molar-refractivity contribution in [2.75, 3.05) is 24.2 Å². The minimum absolute atomic E-state index is 0.245. The first-order valence-corrected chi connectivity index (χ1v) is 14.1. The normalized spacial score (nSPS) is 11.4. The fourth-order valence-electron chi connectivity index (χ4n) is 3.53. The van der Waals surface area contributed by atoms with Gasteiger partial charge in [-0.2, -0.15) is 5.10 Å². The number of ether oxygens (including phenoxy) is 2. The zero-order chi connectivity index (χ0) is 27.2. The first kappa shape index (κ1) is 28.5. The van der Waals surface area contributed by atoms with Gasteiger partial charge in [-0.05, 0) is 65.2 Å². The van der Waals surface area contributed by atoms with Crippen molar-refractivity contribution in [3.63, 3.8) is 0 Å². The van der Waals surface area contributed by atoms with Crippen LogP contribution in [0.4, 0.5) is 5.69 Å². The van der Waals surface area contributed by atoms with Gasteiger partial charge in [-0.15, -0.1) is 0 Å². The van der Waals surface area contributed by atoms with Gasteiger partial charge in [0.2, 0.25) is 10.0 Å². The van der Waals surface area contributed by atoms with Gasteiger partial charge in [0, 0.05) is 10.6 Å². The Morgan fingerprint density at radius 2 is 1.89 bits per heavy atom. The van der Waals surface area contributed by atoms with Gasteiger partial charge in [-0.1, -0.05) is 47.5 Å². The highest BCUT2D eigenvalue weighted by Crippen LogP contribution is 2.37. The molecule has 0 aliphatic heterocycles. The van der Waals surface area contributed by atoms with E-state index in [1.807, 2.05) is 31.2 Å². The average molecular weight is 609 g/mol. The SMILES string of the molecule is COc1cc(C=NNC(=O)CN(c2ccc(C)cc2C)S(C)(=O)=O)cc(Br)c1OCc1ccccc1Cl. The highest BCUT2D eigenvalue weighted by Gasteiger charge is 2.22. The molecule has 1 amide bonds. The summed E-state index contributed by atoms with van der Waals surface area (Å²) in [5.41, 5.74) is 6.00. The fraction of sp³-hybridized carbons (Fsp3) is 0.231. The van der Waals surface area contributed by atoms with Gasteiger partial charge in [0.1, 0.15) is 13.2 Å². The van der Waals surface area contributed by atoms with Crippen molar-refractivity contribution in [2.45, 2.75) is 20.5 Å². The van der Waals surface area contributed by atoms with Crippen LogP contribution in [0.15, 0.2) is 64.2 Å². The summed E-state index contributed by atoms with van der Waals surface area (Å²) in [4.78, 5) is 12.5. The van der Waals surface area contributed by atoms with Crippen LogP contribution in [0.2, 0.25) is 5.02 Å². The van der Waals surface area contributed by atoms with Gasteiger partial charge < -0.3 is 9.47 Å². The third-order valence-electron chi connectivity index (χ3n) is 5.29. The standard InChI is InChI=1S/C26H27BrClN3O5S/c1-17-9-10-23(18(2)11-17)31(37(4,33)34)15-25(32)30-29-14-19-12-21(27)26(24(13-19)35-3)36-16-20-7-5-6-8-22(20)28/h5-14H,15-16H2,1-4H3,(H,30,32). The largest absolute Gasteiger partial charge is 0.493 e. The summed E-state index contributed by atoms with van der Waals surface area (Å²) < 4.78 is 37.8.